The predicted octanol–water partition coefficient (Wildman–Crippen LogP) is 1.95. The van der Waals surface area contributed by atoms with Crippen LogP contribution in [0.1, 0.15) is 52.4 Å². The van der Waals surface area contributed by atoms with Gasteiger partial charge in [-0.05, 0) is 55.9 Å². The third-order valence-electron chi connectivity index (χ3n) is 8.77. The van der Waals surface area contributed by atoms with Gasteiger partial charge in [-0.2, -0.15) is 0 Å². The number of carboxylic acids is 1. The highest BCUT2D eigenvalue weighted by molar-refractivity contribution is 5.75. The Hall–Kier alpha value is -0.910. The van der Waals surface area contributed by atoms with Gasteiger partial charge in [0.15, 0.2) is 0 Å². The van der Waals surface area contributed by atoms with Crippen molar-refractivity contribution in [3.63, 3.8) is 0 Å². The van der Waals surface area contributed by atoms with E-state index < -0.39 is 40.5 Å². The zero-order chi connectivity index (χ0) is 18.4. The molecule has 0 aliphatic heterocycles. The fourth-order valence-corrected chi connectivity index (χ4v) is 7.68. The zero-order valence-corrected chi connectivity index (χ0v) is 15.1. The Morgan fingerprint density at radius 1 is 1.12 bits per heavy atom. The van der Waals surface area contributed by atoms with Gasteiger partial charge < -0.3 is 20.4 Å². The number of fused-ring (bicyclic) bond motifs is 3. The molecule has 25 heavy (non-hydrogen) atoms. The van der Waals surface area contributed by atoms with Crippen LogP contribution in [0, 0.1) is 34.0 Å². The quantitative estimate of drug-likeness (QED) is 0.542. The van der Waals surface area contributed by atoms with E-state index in [0.717, 1.165) is 19.3 Å². The van der Waals surface area contributed by atoms with Gasteiger partial charge >= 0.3 is 5.97 Å². The number of aliphatic hydroxyl groups is 3. The highest BCUT2D eigenvalue weighted by Gasteiger charge is 2.71. The second-order valence-electron chi connectivity index (χ2n) is 9.65. The summed E-state index contributed by atoms with van der Waals surface area (Å²) in [5.74, 6) is -1.37. The first-order valence-corrected chi connectivity index (χ1v) is 9.56. The second kappa shape index (κ2) is 5.08. The Bertz CT molecular complexity index is 632. The SMILES string of the molecule is C=C1[C@@H]2C[C@@]3(CC[C@H]4[C@@](C)(CCC[C@@]4(C)C(=O)O)[C@@H]3[C@H](O)[C@@H]2O)[C@H]1O. The molecule has 4 rings (SSSR count). The van der Waals surface area contributed by atoms with E-state index in [1.807, 2.05) is 6.92 Å². The summed E-state index contributed by atoms with van der Waals surface area (Å²) in [6.07, 6.45) is 1.81. The van der Waals surface area contributed by atoms with Crippen molar-refractivity contribution >= 4 is 5.97 Å². The number of aliphatic hydroxyl groups excluding tert-OH is 3. The summed E-state index contributed by atoms with van der Waals surface area (Å²) in [6.45, 7) is 7.95. The Balaban J connectivity index is 1.84. The Morgan fingerprint density at radius 3 is 2.44 bits per heavy atom. The largest absolute Gasteiger partial charge is 0.481 e. The minimum absolute atomic E-state index is 0.0543. The third kappa shape index (κ3) is 1.87. The van der Waals surface area contributed by atoms with Crippen molar-refractivity contribution in [2.45, 2.75) is 70.7 Å². The van der Waals surface area contributed by atoms with E-state index in [1.165, 1.54) is 0 Å². The average molecular weight is 350 g/mol. The fourth-order valence-electron chi connectivity index (χ4n) is 7.68. The van der Waals surface area contributed by atoms with E-state index in [2.05, 4.69) is 13.5 Å². The first kappa shape index (κ1) is 17.5. The number of carbonyl (C=O) groups is 1. The molecule has 140 valence electrons. The molecule has 0 saturated heterocycles. The highest BCUT2D eigenvalue weighted by Crippen LogP contribution is 2.72. The van der Waals surface area contributed by atoms with Crippen molar-refractivity contribution in [1.82, 2.24) is 0 Å². The van der Waals surface area contributed by atoms with E-state index in [-0.39, 0.29) is 17.8 Å². The molecule has 4 saturated carbocycles. The molecule has 0 heterocycles. The molecule has 1 spiro atoms. The minimum atomic E-state index is -0.934. The fraction of sp³-hybridized carbons (Fsp3) is 0.850. The van der Waals surface area contributed by atoms with E-state index in [9.17, 15) is 25.2 Å². The van der Waals surface area contributed by atoms with Gasteiger partial charge in [0, 0.05) is 17.3 Å². The lowest BCUT2D eigenvalue weighted by Gasteiger charge is -2.65. The predicted molar refractivity (Wildman–Crippen MR) is 91.6 cm³/mol. The summed E-state index contributed by atoms with van der Waals surface area (Å²) >= 11 is 0. The van der Waals surface area contributed by atoms with E-state index in [4.69, 9.17) is 0 Å². The molecule has 0 unspecified atom stereocenters. The molecule has 0 radical (unpaired) electrons. The van der Waals surface area contributed by atoms with Crippen molar-refractivity contribution < 1.29 is 25.2 Å². The maximum absolute atomic E-state index is 12.1. The van der Waals surface area contributed by atoms with Crippen molar-refractivity contribution in [1.29, 1.82) is 0 Å². The van der Waals surface area contributed by atoms with Crippen molar-refractivity contribution in [2.24, 2.45) is 34.0 Å². The zero-order valence-electron chi connectivity index (χ0n) is 15.1. The molecule has 5 heteroatoms. The van der Waals surface area contributed by atoms with Gasteiger partial charge in [0.1, 0.15) is 0 Å². The standard InChI is InChI=1S/C20H30O5/c1-10-11-9-20(16(10)23)8-5-12-18(2,15(20)14(22)13(11)21)6-4-7-19(12,3)17(24)25/h11-16,21-23H,1,4-9H2,2-3H3,(H,24,25)/t11-,12-,13+,14+,15-,16-,18+,19+,20+/m0/s1. The van der Waals surface area contributed by atoms with E-state index >= 15 is 0 Å². The second-order valence-corrected chi connectivity index (χ2v) is 9.65. The molecule has 5 nitrogen and oxygen atoms in total. The molecule has 9 atom stereocenters. The monoisotopic (exact) mass is 350 g/mol. The van der Waals surface area contributed by atoms with Crippen molar-refractivity contribution in [3.05, 3.63) is 12.2 Å². The molecule has 0 aromatic carbocycles. The van der Waals surface area contributed by atoms with Crippen LogP contribution in [-0.2, 0) is 4.79 Å². The van der Waals surface area contributed by atoms with Crippen LogP contribution in [0.15, 0.2) is 12.2 Å². The molecule has 4 fully saturated rings. The molecule has 4 aliphatic rings. The van der Waals surface area contributed by atoms with Crippen LogP contribution < -0.4 is 0 Å². The third-order valence-corrected chi connectivity index (χ3v) is 8.77. The smallest absolute Gasteiger partial charge is 0.309 e. The molecule has 2 bridgehead atoms. The number of hydrogen-bond donors (Lipinski definition) is 4. The van der Waals surface area contributed by atoms with E-state index in [0.29, 0.717) is 24.8 Å². The van der Waals surface area contributed by atoms with Crippen LogP contribution in [0.2, 0.25) is 0 Å². The van der Waals surface area contributed by atoms with Crippen LogP contribution >= 0.6 is 0 Å². The molecule has 4 aliphatic carbocycles. The Labute approximate surface area is 148 Å². The number of rotatable bonds is 1. The van der Waals surface area contributed by atoms with Gasteiger partial charge in [0.2, 0.25) is 0 Å². The molecular weight excluding hydrogens is 320 g/mol. The Kier molecular flexibility index (Phi) is 3.56. The van der Waals surface area contributed by atoms with Crippen molar-refractivity contribution in [3.8, 4) is 0 Å². The molecule has 0 aromatic rings. The first-order chi connectivity index (χ1) is 11.6. The van der Waals surface area contributed by atoms with Crippen LogP contribution in [0.3, 0.4) is 0 Å². The Morgan fingerprint density at radius 2 is 1.80 bits per heavy atom. The first-order valence-electron chi connectivity index (χ1n) is 9.56. The number of aliphatic carboxylic acids is 1. The summed E-state index contributed by atoms with van der Waals surface area (Å²) in [4.78, 5) is 12.1. The summed E-state index contributed by atoms with van der Waals surface area (Å²) < 4.78 is 0. The molecule has 4 N–H and O–H groups in total. The van der Waals surface area contributed by atoms with Gasteiger partial charge in [0.25, 0.3) is 0 Å². The van der Waals surface area contributed by atoms with Crippen LogP contribution in [0.4, 0.5) is 0 Å². The molecule has 0 amide bonds. The average Bonchev–Trinajstić information content (AvgIpc) is 2.76. The maximum atomic E-state index is 12.1. The van der Waals surface area contributed by atoms with Gasteiger partial charge in [-0.3, -0.25) is 4.79 Å². The van der Waals surface area contributed by atoms with Gasteiger partial charge in [-0.25, -0.2) is 0 Å². The summed E-state index contributed by atoms with van der Waals surface area (Å²) in [7, 11) is 0. The summed E-state index contributed by atoms with van der Waals surface area (Å²) in [5.41, 5.74) is -1.03. The summed E-state index contributed by atoms with van der Waals surface area (Å²) in [6, 6.07) is 0. The van der Waals surface area contributed by atoms with Crippen LogP contribution in [0.5, 0.6) is 0 Å². The van der Waals surface area contributed by atoms with E-state index in [1.54, 1.807) is 0 Å². The normalized spacial score (nSPS) is 57.7. The summed E-state index contributed by atoms with van der Waals surface area (Å²) in [5, 5.41) is 42.6. The lowest BCUT2D eigenvalue weighted by molar-refractivity contribution is -0.230. The van der Waals surface area contributed by atoms with Gasteiger partial charge in [0.05, 0.1) is 23.7 Å². The highest BCUT2D eigenvalue weighted by atomic mass is 16.4. The van der Waals surface area contributed by atoms with Crippen LogP contribution in [0.25, 0.3) is 0 Å². The van der Waals surface area contributed by atoms with Gasteiger partial charge in [-0.15, -0.1) is 0 Å². The molecular formula is C20H30O5. The lowest BCUT2D eigenvalue weighted by Crippen LogP contribution is -2.65. The van der Waals surface area contributed by atoms with Gasteiger partial charge in [-0.1, -0.05) is 19.9 Å². The number of carboxylic acid groups (broad SMARTS) is 1. The lowest BCUT2D eigenvalue weighted by atomic mass is 9.40. The maximum Gasteiger partial charge on any atom is 0.309 e. The van der Waals surface area contributed by atoms with Crippen molar-refractivity contribution in [2.75, 3.05) is 0 Å². The molecule has 0 aromatic heterocycles. The van der Waals surface area contributed by atoms with Crippen LogP contribution in [-0.4, -0.2) is 44.7 Å². The topological polar surface area (TPSA) is 98.0 Å². The number of hydrogen-bond acceptors (Lipinski definition) is 4. The minimum Gasteiger partial charge on any atom is -0.481 e.